The van der Waals surface area contributed by atoms with Gasteiger partial charge in [-0.3, -0.25) is 0 Å². The third kappa shape index (κ3) is 0.840. The summed E-state index contributed by atoms with van der Waals surface area (Å²) < 4.78 is 1.96. The first kappa shape index (κ1) is 6.83. The van der Waals surface area contributed by atoms with Crippen molar-refractivity contribution in [2.45, 2.75) is 13.5 Å². The van der Waals surface area contributed by atoms with Crippen LogP contribution in [0.3, 0.4) is 0 Å². The van der Waals surface area contributed by atoms with Crippen LogP contribution in [0.5, 0.6) is 0 Å². The van der Waals surface area contributed by atoms with Crippen molar-refractivity contribution in [3.8, 4) is 11.4 Å². The Morgan fingerprint density at radius 2 is 2.15 bits per heavy atom. The SMILES string of the molecule is Cc1nc2n(n1)Cc1ccccc1-2. The maximum atomic E-state index is 4.38. The molecular formula is C10H9N3. The Morgan fingerprint density at radius 3 is 3.08 bits per heavy atom. The van der Waals surface area contributed by atoms with Crippen LogP contribution in [0, 0.1) is 6.92 Å². The summed E-state index contributed by atoms with van der Waals surface area (Å²) >= 11 is 0. The van der Waals surface area contributed by atoms with Crippen LogP contribution in [-0.4, -0.2) is 14.8 Å². The Balaban J connectivity index is 2.30. The number of nitrogens with zero attached hydrogens (tertiary/aromatic N) is 3. The largest absolute Gasteiger partial charge is 0.241 e. The highest BCUT2D eigenvalue weighted by atomic mass is 15.4. The molecule has 3 heteroatoms. The molecule has 0 saturated heterocycles. The third-order valence-electron chi connectivity index (χ3n) is 2.36. The summed E-state index contributed by atoms with van der Waals surface area (Å²) in [7, 11) is 0. The van der Waals surface area contributed by atoms with Gasteiger partial charge >= 0.3 is 0 Å². The van der Waals surface area contributed by atoms with E-state index in [2.05, 4.69) is 28.3 Å². The van der Waals surface area contributed by atoms with Crippen molar-refractivity contribution in [1.29, 1.82) is 0 Å². The van der Waals surface area contributed by atoms with E-state index >= 15 is 0 Å². The minimum atomic E-state index is 0.851. The normalized spacial score (nSPS) is 12.7. The van der Waals surface area contributed by atoms with Crippen LogP contribution >= 0.6 is 0 Å². The fraction of sp³-hybridized carbons (Fsp3) is 0.200. The molecule has 1 aliphatic heterocycles. The smallest absolute Gasteiger partial charge is 0.159 e. The molecule has 0 spiro atoms. The summed E-state index contributed by atoms with van der Waals surface area (Å²) in [6, 6.07) is 8.32. The number of hydrogen-bond acceptors (Lipinski definition) is 2. The van der Waals surface area contributed by atoms with Gasteiger partial charge in [0.25, 0.3) is 0 Å². The lowest BCUT2D eigenvalue weighted by Crippen LogP contribution is -1.95. The molecule has 0 bridgehead atoms. The topological polar surface area (TPSA) is 30.7 Å². The zero-order chi connectivity index (χ0) is 8.84. The van der Waals surface area contributed by atoms with E-state index in [1.165, 1.54) is 11.1 Å². The maximum absolute atomic E-state index is 4.38. The minimum absolute atomic E-state index is 0.851. The van der Waals surface area contributed by atoms with Crippen molar-refractivity contribution in [3.05, 3.63) is 35.7 Å². The summed E-state index contributed by atoms with van der Waals surface area (Å²) in [6.07, 6.45) is 0. The van der Waals surface area contributed by atoms with E-state index < -0.39 is 0 Å². The number of fused-ring (bicyclic) bond motifs is 3. The van der Waals surface area contributed by atoms with Gasteiger partial charge in [0.2, 0.25) is 0 Å². The van der Waals surface area contributed by atoms with E-state index in [1.54, 1.807) is 0 Å². The average Bonchev–Trinajstić information content (AvgIpc) is 2.60. The lowest BCUT2D eigenvalue weighted by molar-refractivity contribution is 0.711. The lowest BCUT2D eigenvalue weighted by atomic mass is 10.1. The highest BCUT2D eigenvalue weighted by Gasteiger charge is 2.20. The monoisotopic (exact) mass is 171 g/mol. The number of rotatable bonds is 0. The van der Waals surface area contributed by atoms with E-state index in [9.17, 15) is 0 Å². The van der Waals surface area contributed by atoms with Crippen LogP contribution in [0.1, 0.15) is 11.4 Å². The second-order valence-electron chi connectivity index (χ2n) is 3.30. The Labute approximate surface area is 76.0 Å². The van der Waals surface area contributed by atoms with E-state index in [4.69, 9.17) is 0 Å². The molecule has 13 heavy (non-hydrogen) atoms. The minimum Gasteiger partial charge on any atom is -0.241 e. The molecule has 0 unspecified atom stereocenters. The molecule has 0 radical (unpaired) electrons. The molecular weight excluding hydrogens is 162 g/mol. The van der Waals surface area contributed by atoms with Gasteiger partial charge in [0.1, 0.15) is 5.82 Å². The molecule has 2 aromatic rings. The first-order valence-electron chi connectivity index (χ1n) is 4.34. The van der Waals surface area contributed by atoms with Crippen LogP contribution in [-0.2, 0) is 6.54 Å². The molecule has 1 aliphatic rings. The first-order chi connectivity index (χ1) is 6.34. The fourth-order valence-electron chi connectivity index (χ4n) is 1.80. The number of benzene rings is 1. The molecule has 3 rings (SSSR count). The molecule has 2 heterocycles. The zero-order valence-electron chi connectivity index (χ0n) is 7.36. The van der Waals surface area contributed by atoms with Crippen molar-refractivity contribution in [2.75, 3.05) is 0 Å². The highest BCUT2D eigenvalue weighted by Crippen LogP contribution is 2.28. The molecule has 0 saturated carbocycles. The second-order valence-corrected chi connectivity index (χ2v) is 3.30. The molecule has 0 amide bonds. The van der Waals surface area contributed by atoms with E-state index in [0.717, 1.165) is 18.2 Å². The predicted molar refractivity (Wildman–Crippen MR) is 49.3 cm³/mol. The second kappa shape index (κ2) is 2.19. The summed E-state index contributed by atoms with van der Waals surface area (Å²) in [4.78, 5) is 4.38. The Kier molecular flexibility index (Phi) is 1.15. The third-order valence-corrected chi connectivity index (χ3v) is 2.36. The van der Waals surface area contributed by atoms with Gasteiger partial charge in [-0.15, -0.1) is 0 Å². The van der Waals surface area contributed by atoms with Crippen LogP contribution < -0.4 is 0 Å². The van der Waals surface area contributed by atoms with Crippen molar-refractivity contribution in [2.24, 2.45) is 0 Å². The van der Waals surface area contributed by atoms with Crippen molar-refractivity contribution in [3.63, 3.8) is 0 Å². The number of aryl methyl sites for hydroxylation is 1. The van der Waals surface area contributed by atoms with Crippen molar-refractivity contribution >= 4 is 0 Å². The highest BCUT2D eigenvalue weighted by molar-refractivity contribution is 5.63. The van der Waals surface area contributed by atoms with E-state index in [0.29, 0.717) is 0 Å². The fourth-order valence-corrected chi connectivity index (χ4v) is 1.80. The molecule has 1 aromatic carbocycles. The number of hydrogen-bond donors (Lipinski definition) is 0. The van der Waals surface area contributed by atoms with E-state index in [1.807, 2.05) is 17.7 Å². The zero-order valence-corrected chi connectivity index (χ0v) is 7.36. The molecule has 0 fully saturated rings. The molecule has 0 atom stereocenters. The van der Waals surface area contributed by atoms with Crippen LogP contribution in [0.25, 0.3) is 11.4 Å². The molecule has 1 aromatic heterocycles. The molecule has 64 valence electrons. The summed E-state index contributed by atoms with van der Waals surface area (Å²) in [5, 5.41) is 4.31. The lowest BCUT2D eigenvalue weighted by Gasteiger charge is -1.93. The maximum Gasteiger partial charge on any atom is 0.159 e. The molecule has 3 nitrogen and oxygen atoms in total. The van der Waals surface area contributed by atoms with Gasteiger partial charge in [-0.25, -0.2) is 9.67 Å². The molecule has 0 N–H and O–H groups in total. The van der Waals surface area contributed by atoms with Gasteiger partial charge in [-0.05, 0) is 12.5 Å². The van der Waals surface area contributed by atoms with Gasteiger partial charge < -0.3 is 0 Å². The predicted octanol–water partition coefficient (Wildman–Crippen LogP) is 1.62. The summed E-state index contributed by atoms with van der Waals surface area (Å²) in [6.45, 7) is 2.79. The quantitative estimate of drug-likeness (QED) is 0.514. The Hall–Kier alpha value is -1.64. The van der Waals surface area contributed by atoms with Gasteiger partial charge in [0.15, 0.2) is 5.82 Å². The Morgan fingerprint density at radius 1 is 1.31 bits per heavy atom. The van der Waals surface area contributed by atoms with Gasteiger partial charge in [-0.1, -0.05) is 24.3 Å². The van der Waals surface area contributed by atoms with Crippen LogP contribution in [0.4, 0.5) is 0 Å². The van der Waals surface area contributed by atoms with Gasteiger partial charge in [0.05, 0.1) is 6.54 Å². The summed E-state index contributed by atoms with van der Waals surface area (Å²) in [5.74, 6) is 1.86. The molecule has 0 aliphatic carbocycles. The summed E-state index contributed by atoms with van der Waals surface area (Å²) in [5.41, 5.74) is 2.54. The standard InChI is InChI=1S/C10H9N3/c1-7-11-10-9-5-3-2-4-8(9)6-13(10)12-7/h2-5H,6H2,1H3. The number of aromatic nitrogens is 3. The van der Waals surface area contributed by atoms with E-state index in [-0.39, 0.29) is 0 Å². The van der Waals surface area contributed by atoms with Crippen LogP contribution in [0.15, 0.2) is 24.3 Å². The van der Waals surface area contributed by atoms with Gasteiger partial charge in [-0.2, -0.15) is 5.10 Å². The van der Waals surface area contributed by atoms with Crippen LogP contribution in [0.2, 0.25) is 0 Å². The van der Waals surface area contributed by atoms with Gasteiger partial charge in [0, 0.05) is 5.56 Å². The average molecular weight is 171 g/mol. The Bertz CT molecular complexity index is 471. The first-order valence-corrected chi connectivity index (χ1v) is 4.34. The van der Waals surface area contributed by atoms with Crippen molar-refractivity contribution < 1.29 is 0 Å². The van der Waals surface area contributed by atoms with Crippen molar-refractivity contribution in [1.82, 2.24) is 14.8 Å².